The SMILES string of the molecule is CCCN(CC#CCCCC1SCCCS1)CCC. The van der Waals surface area contributed by atoms with Crippen molar-refractivity contribution in [3.05, 3.63) is 0 Å². The molecule has 0 aromatic carbocycles. The molecule has 1 aliphatic heterocycles. The van der Waals surface area contributed by atoms with E-state index >= 15 is 0 Å². The molecule has 0 radical (unpaired) electrons. The van der Waals surface area contributed by atoms with Gasteiger partial charge in [0.2, 0.25) is 0 Å². The van der Waals surface area contributed by atoms with Gasteiger partial charge in [-0.3, -0.25) is 4.90 Å². The van der Waals surface area contributed by atoms with Crippen LogP contribution in [0.1, 0.15) is 52.4 Å². The fourth-order valence-corrected chi connectivity index (χ4v) is 5.18. The molecule has 3 heteroatoms. The van der Waals surface area contributed by atoms with Crippen LogP contribution >= 0.6 is 23.5 Å². The van der Waals surface area contributed by atoms with Gasteiger partial charge in [0.15, 0.2) is 0 Å². The Bertz CT molecular complexity index is 258. The van der Waals surface area contributed by atoms with E-state index in [0.717, 1.165) is 17.5 Å². The normalized spacial score (nSPS) is 16.4. The van der Waals surface area contributed by atoms with Gasteiger partial charge in [0.1, 0.15) is 0 Å². The molecular formula is C16H29NS2. The number of rotatable bonds is 8. The Morgan fingerprint density at radius 2 is 1.74 bits per heavy atom. The van der Waals surface area contributed by atoms with Crippen LogP contribution in [0.15, 0.2) is 0 Å². The molecule has 19 heavy (non-hydrogen) atoms. The van der Waals surface area contributed by atoms with Gasteiger partial charge in [0.25, 0.3) is 0 Å². The van der Waals surface area contributed by atoms with Crippen molar-refractivity contribution in [1.82, 2.24) is 4.90 Å². The van der Waals surface area contributed by atoms with Gasteiger partial charge in [-0.2, -0.15) is 0 Å². The third-order valence-corrected chi connectivity index (χ3v) is 6.23. The summed E-state index contributed by atoms with van der Waals surface area (Å²) in [5, 5.41) is 0. The Morgan fingerprint density at radius 3 is 2.37 bits per heavy atom. The summed E-state index contributed by atoms with van der Waals surface area (Å²) >= 11 is 4.30. The second-order valence-corrected chi connectivity index (χ2v) is 7.97. The standard InChI is InChI=1S/C16H29NS2/c1-3-11-17(12-4-2)13-8-6-5-7-10-16-18-14-9-15-19-16/h16H,3-5,7,9-15H2,1-2H3. The third-order valence-electron chi connectivity index (χ3n) is 3.15. The number of hydrogen-bond acceptors (Lipinski definition) is 3. The van der Waals surface area contributed by atoms with Gasteiger partial charge in [0, 0.05) is 6.42 Å². The molecule has 1 rings (SSSR count). The maximum atomic E-state index is 3.36. The van der Waals surface area contributed by atoms with Crippen molar-refractivity contribution in [1.29, 1.82) is 0 Å². The van der Waals surface area contributed by atoms with Gasteiger partial charge in [-0.05, 0) is 56.7 Å². The van der Waals surface area contributed by atoms with E-state index in [2.05, 4.69) is 54.1 Å². The molecule has 1 fully saturated rings. The Balaban J connectivity index is 2.05. The molecule has 0 amide bonds. The molecule has 0 spiro atoms. The molecule has 0 unspecified atom stereocenters. The maximum Gasteiger partial charge on any atom is 0.0601 e. The predicted octanol–water partition coefficient (Wildman–Crippen LogP) is 4.48. The van der Waals surface area contributed by atoms with Crippen LogP contribution in [-0.2, 0) is 0 Å². The van der Waals surface area contributed by atoms with Gasteiger partial charge in [-0.25, -0.2) is 0 Å². The van der Waals surface area contributed by atoms with E-state index in [9.17, 15) is 0 Å². The van der Waals surface area contributed by atoms with Crippen molar-refractivity contribution < 1.29 is 0 Å². The van der Waals surface area contributed by atoms with E-state index in [1.165, 1.54) is 56.7 Å². The van der Waals surface area contributed by atoms with Crippen LogP contribution in [0.4, 0.5) is 0 Å². The topological polar surface area (TPSA) is 3.24 Å². The molecule has 0 aromatic rings. The van der Waals surface area contributed by atoms with Gasteiger partial charge in [-0.1, -0.05) is 19.8 Å². The van der Waals surface area contributed by atoms with Gasteiger partial charge < -0.3 is 0 Å². The second-order valence-electron chi connectivity index (χ2n) is 5.05. The van der Waals surface area contributed by atoms with Crippen LogP contribution in [-0.4, -0.2) is 40.6 Å². The molecule has 0 aromatic heterocycles. The van der Waals surface area contributed by atoms with Crippen molar-refractivity contribution in [3.8, 4) is 11.8 Å². The van der Waals surface area contributed by atoms with E-state index in [-0.39, 0.29) is 0 Å². The van der Waals surface area contributed by atoms with Crippen molar-refractivity contribution in [2.45, 2.75) is 57.0 Å². The van der Waals surface area contributed by atoms with Crippen molar-refractivity contribution in [2.24, 2.45) is 0 Å². The Hall–Kier alpha value is 0.220. The average molecular weight is 300 g/mol. The summed E-state index contributed by atoms with van der Waals surface area (Å²) in [7, 11) is 0. The minimum Gasteiger partial charge on any atom is -0.292 e. The summed E-state index contributed by atoms with van der Waals surface area (Å²) in [4.78, 5) is 2.47. The zero-order valence-electron chi connectivity index (χ0n) is 12.6. The van der Waals surface area contributed by atoms with Crippen LogP contribution in [0.5, 0.6) is 0 Å². The first kappa shape index (κ1) is 17.3. The van der Waals surface area contributed by atoms with E-state index < -0.39 is 0 Å². The molecule has 0 aliphatic carbocycles. The van der Waals surface area contributed by atoms with E-state index in [1.807, 2.05) is 0 Å². The van der Waals surface area contributed by atoms with Gasteiger partial charge in [-0.15, -0.1) is 29.4 Å². The van der Waals surface area contributed by atoms with Crippen LogP contribution in [0, 0.1) is 11.8 Å². The van der Waals surface area contributed by atoms with E-state index in [0.29, 0.717) is 0 Å². The van der Waals surface area contributed by atoms with Crippen molar-refractivity contribution >= 4 is 23.5 Å². The molecule has 1 heterocycles. The molecule has 0 saturated carbocycles. The summed E-state index contributed by atoms with van der Waals surface area (Å²) in [5.41, 5.74) is 0. The zero-order chi connectivity index (χ0) is 13.8. The minimum atomic E-state index is 0.854. The van der Waals surface area contributed by atoms with E-state index in [1.54, 1.807) is 0 Å². The van der Waals surface area contributed by atoms with Crippen LogP contribution in [0.25, 0.3) is 0 Å². The summed E-state index contributed by atoms with van der Waals surface area (Å²) in [6.45, 7) is 7.84. The summed E-state index contributed by atoms with van der Waals surface area (Å²) in [5.74, 6) is 9.45. The van der Waals surface area contributed by atoms with Gasteiger partial charge >= 0.3 is 0 Å². The zero-order valence-corrected chi connectivity index (χ0v) is 14.3. The Labute approximate surface area is 128 Å². The summed E-state index contributed by atoms with van der Waals surface area (Å²) in [6, 6.07) is 0. The molecular weight excluding hydrogens is 270 g/mol. The molecule has 1 saturated heterocycles. The lowest BCUT2D eigenvalue weighted by atomic mass is 10.2. The largest absolute Gasteiger partial charge is 0.292 e. The molecule has 1 aliphatic rings. The van der Waals surface area contributed by atoms with Crippen molar-refractivity contribution in [2.75, 3.05) is 31.1 Å². The number of hydrogen-bond donors (Lipinski definition) is 0. The first-order valence-corrected chi connectivity index (χ1v) is 9.87. The number of thioether (sulfide) groups is 2. The maximum absolute atomic E-state index is 3.36. The highest BCUT2D eigenvalue weighted by atomic mass is 32.2. The highest BCUT2D eigenvalue weighted by Gasteiger charge is 2.12. The molecule has 110 valence electrons. The predicted molar refractivity (Wildman–Crippen MR) is 92.0 cm³/mol. The fourth-order valence-electron chi connectivity index (χ4n) is 2.22. The quantitative estimate of drug-likeness (QED) is 0.480. The second kappa shape index (κ2) is 12.0. The Morgan fingerprint density at radius 1 is 1.05 bits per heavy atom. The van der Waals surface area contributed by atoms with Crippen LogP contribution in [0.2, 0.25) is 0 Å². The molecule has 0 atom stereocenters. The summed E-state index contributed by atoms with van der Waals surface area (Å²) in [6.07, 6.45) is 7.58. The third kappa shape index (κ3) is 8.89. The molecule has 0 bridgehead atoms. The lowest BCUT2D eigenvalue weighted by molar-refractivity contribution is 0.308. The van der Waals surface area contributed by atoms with Crippen molar-refractivity contribution in [3.63, 3.8) is 0 Å². The van der Waals surface area contributed by atoms with E-state index in [4.69, 9.17) is 0 Å². The minimum absolute atomic E-state index is 0.854. The summed E-state index contributed by atoms with van der Waals surface area (Å²) < 4.78 is 0.854. The fraction of sp³-hybridized carbons (Fsp3) is 0.875. The first-order chi connectivity index (χ1) is 9.36. The Kier molecular flexibility index (Phi) is 10.9. The number of nitrogens with zero attached hydrogens (tertiary/aromatic N) is 1. The first-order valence-electron chi connectivity index (χ1n) is 7.78. The highest BCUT2D eigenvalue weighted by Crippen LogP contribution is 2.33. The molecule has 0 N–H and O–H groups in total. The van der Waals surface area contributed by atoms with Crippen LogP contribution < -0.4 is 0 Å². The smallest absolute Gasteiger partial charge is 0.0601 e. The van der Waals surface area contributed by atoms with Gasteiger partial charge in [0.05, 0.1) is 11.1 Å². The lowest BCUT2D eigenvalue weighted by Gasteiger charge is -2.20. The van der Waals surface area contributed by atoms with Crippen LogP contribution in [0.3, 0.4) is 0 Å². The average Bonchev–Trinajstić information content (AvgIpc) is 2.44. The highest BCUT2D eigenvalue weighted by molar-refractivity contribution is 8.17. The lowest BCUT2D eigenvalue weighted by Crippen LogP contribution is -2.25. The number of unbranched alkanes of at least 4 members (excludes halogenated alkanes) is 1. The molecule has 1 nitrogen and oxygen atoms in total. The monoisotopic (exact) mass is 299 g/mol.